The zero-order valence-electron chi connectivity index (χ0n) is 23.2. The topological polar surface area (TPSA) is 159 Å². The van der Waals surface area contributed by atoms with Crippen LogP contribution in [0.15, 0.2) is 36.5 Å². The third-order valence-corrected chi connectivity index (χ3v) is 5.68. The number of aliphatic carboxylic acids is 3. The number of pyridine rings is 2. The molecule has 0 spiro atoms. The maximum atomic E-state index is 14.0. The van der Waals surface area contributed by atoms with Gasteiger partial charge in [-0.2, -0.15) is 39.5 Å². The van der Waals surface area contributed by atoms with E-state index in [-0.39, 0.29) is 24.1 Å². The number of carboxylic acids is 3. The van der Waals surface area contributed by atoms with Crippen LogP contribution in [0.4, 0.5) is 43.9 Å². The summed E-state index contributed by atoms with van der Waals surface area (Å²) in [5.74, 6) is -8.64. The summed E-state index contributed by atoms with van der Waals surface area (Å²) in [7, 11) is 0. The third-order valence-electron chi connectivity index (χ3n) is 5.68. The molecule has 2 bridgehead atoms. The van der Waals surface area contributed by atoms with Crippen LogP contribution < -0.4 is 4.74 Å². The van der Waals surface area contributed by atoms with Gasteiger partial charge in [-0.15, -0.1) is 0 Å². The second-order valence-electron chi connectivity index (χ2n) is 9.08. The minimum Gasteiger partial charge on any atom is -0.475 e. The van der Waals surface area contributed by atoms with Crippen LogP contribution in [0, 0.1) is 12.7 Å². The summed E-state index contributed by atoms with van der Waals surface area (Å²) in [5, 5.41) is 21.4. The summed E-state index contributed by atoms with van der Waals surface area (Å²) < 4.78 is 121. The van der Waals surface area contributed by atoms with Gasteiger partial charge in [-0.3, -0.25) is 9.88 Å². The molecule has 1 saturated carbocycles. The SMILES string of the molecule is Cc1cccc(CN2CCOC3CCC2C3Oc2ncccc2F)n1.O=C(O)C(F)(F)F.O=C(O)C(F)(F)F.O=C(O)C(F)(F)F. The van der Waals surface area contributed by atoms with Crippen LogP contribution in [-0.4, -0.2) is 98.0 Å². The number of ether oxygens (including phenoxy) is 2. The molecule has 2 aliphatic rings. The summed E-state index contributed by atoms with van der Waals surface area (Å²) in [6, 6.07) is 9.18. The number of fused-ring (bicyclic) bond motifs is 2. The van der Waals surface area contributed by atoms with Gasteiger partial charge >= 0.3 is 36.4 Å². The highest BCUT2D eigenvalue weighted by atomic mass is 19.4. The molecule has 1 aliphatic heterocycles. The lowest BCUT2D eigenvalue weighted by Gasteiger charge is -2.30. The third kappa shape index (κ3) is 13.8. The monoisotopic (exact) mass is 685 g/mol. The molecule has 2 aromatic heterocycles. The summed E-state index contributed by atoms with van der Waals surface area (Å²) in [6.45, 7) is 4.21. The lowest BCUT2D eigenvalue weighted by Crippen LogP contribution is -2.44. The van der Waals surface area contributed by atoms with E-state index in [4.69, 9.17) is 39.2 Å². The van der Waals surface area contributed by atoms with E-state index < -0.39 is 42.3 Å². The van der Waals surface area contributed by atoms with Crippen molar-refractivity contribution in [3.63, 3.8) is 0 Å². The molecule has 21 heteroatoms. The number of hydrogen-bond acceptors (Lipinski definition) is 8. The molecule has 3 N–H and O–H groups in total. The average Bonchev–Trinajstić information content (AvgIpc) is 3.22. The van der Waals surface area contributed by atoms with Gasteiger partial charge in [-0.05, 0) is 44.0 Å². The zero-order chi connectivity index (χ0) is 35.5. The maximum Gasteiger partial charge on any atom is 0.490 e. The maximum absolute atomic E-state index is 14.0. The second kappa shape index (κ2) is 16.9. The fraction of sp³-hybridized carbons (Fsp3) is 0.480. The standard InChI is InChI=1S/C19H22FN3O2.3C2HF3O2/c1-13-4-2-5-14(22-13)12-23-10-11-24-17-8-7-16(23)18(17)25-19-15(20)6-3-9-21-19;3*3-2(4,5)1(6)7/h2-6,9,16-18H,7-8,10-12H2,1H3;3*(H,6,7). The fourth-order valence-corrected chi connectivity index (χ4v) is 3.80. The number of aryl methyl sites for hydroxylation is 1. The Hall–Kier alpha value is -4.27. The van der Waals surface area contributed by atoms with Gasteiger partial charge in [-0.25, -0.2) is 23.8 Å². The molecule has 3 heterocycles. The largest absolute Gasteiger partial charge is 0.490 e. The van der Waals surface area contributed by atoms with E-state index in [9.17, 15) is 43.9 Å². The summed E-state index contributed by atoms with van der Waals surface area (Å²) in [6.07, 6.45) is -12.0. The Kier molecular flexibility index (Phi) is 14.6. The van der Waals surface area contributed by atoms with Crippen LogP contribution in [-0.2, 0) is 25.7 Å². The van der Waals surface area contributed by atoms with Crippen LogP contribution >= 0.6 is 0 Å². The number of carbonyl (C=O) groups is 3. The van der Waals surface area contributed by atoms with Crippen molar-refractivity contribution in [3.8, 4) is 5.88 Å². The molecule has 11 nitrogen and oxygen atoms in total. The lowest BCUT2D eigenvalue weighted by molar-refractivity contribution is -0.193. The minimum absolute atomic E-state index is 0.0122. The first-order chi connectivity index (χ1) is 21.0. The summed E-state index contributed by atoms with van der Waals surface area (Å²) >= 11 is 0. The van der Waals surface area contributed by atoms with Gasteiger partial charge in [0, 0.05) is 31.0 Å². The van der Waals surface area contributed by atoms with Crippen molar-refractivity contribution < 1.29 is 83.1 Å². The molecule has 3 unspecified atom stereocenters. The minimum atomic E-state index is -5.08. The lowest BCUT2D eigenvalue weighted by atomic mass is 10.1. The molecule has 3 atom stereocenters. The summed E-state index contributed by atoms with van der Waals surface area (Å²) in [4.78, 5) is 37.7. The van der Waals surface area contributed by atoms with Crippen LogP contribution in [0.3, 0.4) is 0 Å². The van der Waals surface area contributed by atoms with Crippen molar-refractivity contribution in [2.24, 2.45) is 0 Å². The molecule has 1 aliphatic carbocycles. The van der Waals surface area contributed by atoms with Gasteiger partial charge in [0.2, 0.25) is 0 Å². The summed E-state index contributed by atoms with van der Waals surface area (Å²) in [5.41, 5.74) is 2.05. The van der Waals surface area contributed by atoms with E-state index in [1.807, 2.05) is 25.1 Å². The quantitative estimate of drug-likeness (QED) is 0.385. The number of aromatic nitrogens is 2. The van der Waals surface area contributed by atoms with Gasteiger partial charge in [-0.1, -0.05) is 6.07 Å². The Morgan fingerprint density at radius 1 is 0.891 bits per heavy atom. The molecule has 4 rings (SSSR count). The molecule has 258 valence electrons. The Labute approximate surface area is 252 Å². The number of rotatable bonds is 4. The number of hydrogen-bond donors (Lipinski definition) is 3. The van der Waals surface area contributed by atoms with E-state index in [0.29, 0.717) is 6.61 Å². The number of alkyl halides is 9. The average molecular weight is 685 g/mol. The highest BCUT2D eigenvalue weighted by Crippen LogP contribution is 2.33. The van der Waals surface area contributed by atoms with Crippen LogP contribution in [0.2, 0.25) is 0 Å². The van der Waals surface area contributed by atoms with Crippen molar-refractivity contribution in [1.29, 1.82) is 0 Å². The number of nitrogens with zero attached hydrogens (tertiary/aromatic N) is 3. The first-order valence-electron chi connectivity index (χ1n) is 12.5. The van der Waals surface area contributed by atoms with Gasteiger partial charge < -0.3 is 24.8 Å². The van der Waals surface area contributed by atoms with E-state index in [1.165, 1.54) is 6.07 Å². The van der Waals surface area contributed by atoms with Crippen molar-refractivity contribution in [2.75, 3.05) is 13.2 Å². The number of carboxylic acid groups (broad SMARTS) is 3. The van der Waals surface area contributed by atoms with Crippen LogP contribution in [0.25, 0.3) is 0 Å². The van der Waals surface area contributed by atoms with E-state index in [0.717, 1.165) is 37.3 Å². The van der Waals surface area contributed by atoms with Gasteiger partial charge in [0.25, 0.3) is 5.88 Å². The first kappa shape index (κ1) is 39.8. The van der Waals surface area contributed by atoms with Crippen molar-refractivity contribution in [2.45, 2.75) is 63.1 Å². The molecule has 2 fully saturated rings. The fourth-order valence-electron chi connectivity index (χ4n) is 3.80. The normalized spacial score (nSPS) is 19.5. The van der Waals surface area contributed by atoms with E-state index in [1.54, 1.807) is 12.3 Å². The predicted octanol–water partition coefficient (Wildman–Crippen LogP) is 4.63. The van der Waals surface area contributed by atoms with Gasteiger partial charge in [0.05, 0.1) is 18.4 Å². The molecule has 2 aromatic rings. The van der Waals surface area contributed by atoms with Gasteiger partial charge in [0.1, 0.15) is 6.10 Å². The van der Waals surface area contributed by atoms with Crippen molar-refractivity contribution >= 4 is 17.9 Å². The Morgan fingerprint density at radius 2 is 1.41 bits per heavy atom. The van der Waals surface area contributed by atoms with Crippen molar-refractivity contribution in [1.82, 2.24) is 14.9 Å². The van der Waals surface area contributed by atoms with Gasteiger partial charge in [0.15, 0.2) is 5.82 Å². The first-order valence-corrected chi connectivity index (χ1v) is 12.5. The molecular formula is C25H25F10N3O8. The van der Waals surface area contributed by atoms with E-state index in [2.05, 4.69) is 14.9 Å². The zero-order valence-corrected chi connectivity index (χ0v) is 23.2. The van der Waals surface area contributed by atoms with Crippen molar-refractivity contribution in [3.05, 3.63) is 53.7 Å². The molecule has 0 aromatic carbocycles. The highest BCUT2D eigenvalue weighted by molar-refractivity contribution is 5.73. The Bertz CT molecular complexity index is 1250. The molecule has 46 heavy (non-hydrogen) atoms. The molecule has 0 radical (unpaired) electrons. The highest BCUT2D eigenvalue weighted by Gasteiger charge is 2.44. The molecular weight excluding hydrogens is 660 g/mol. The van der Waals surface area contributed by atoms with Crippen LogP contribution in [0.1, 0.15) is 24.2 Å². The predicted molar refractivity (Wildman–Crippen MR) is 132 cm³/mol. The van der Waals surface area contributed by atoms with Crippen LogP contribution in [0.5, 0.6) is 5.88 Å². The molecule has 1 saturated heterocycles. The Morgan fingerprint density at radius 3 is 1.87 bits per heavy atom. The molecule has 0 amide bonds. The Balaban J connectivity index is 0.000000413. The second-order valence-corrected chi connectivity index (χ2v) is 9.08. The smallest absolute Gasteiger partial charge is 0.475 e. The number of halogens is 10. The van der Waals surface area contributed by atoms with E-state index >= 15 is 0 Å².